The van der Waals surface area contributed by atoms with Crippen LogP contribution in [0.2, 0.25) is 0 Å². The fraction of sp³-hybridized carbons (Fsp3) is 0.217. The molecule has 0 fully saturated rings. The molecule has 4 aromatic rings. The lowest BCUT2D eigenvalue weighted by Gasteiger charge is -2.17. The van der Waals surface area contributed by atoms with E-state index in [1.807, 2.05) is 0 Å². The summed E-state index contributed by atoms with van der Waals surface area (Å²) >= 11 is 0. The molecule has 14 heteroatoms. The number of aryl methyl sites for hydroxylation is 2. The number of nitrogens with one attached hydrogen (secondary N) is 1. The van der Waals surface area contributed by atoms with E-state index in [4.69, 9.17) is 5.73 Å². The summed E-state index contributed by atoms with van der Waals surface area (Å²) in [5, 5.41) is 0.159. The van der Waals surface area contributed by atoms with E-state index in [9.17, 15) is 30.8 Å². The molecule has 9 nitrogen and oxygen atoms in total. The van der Waals surface area contributed by atoms with Gasteiger partial charge in [0, 0.05) is 11.6 Å². The summed E-state index contributed by atoms with van der Waals surface area (Å²) in [6.45, 7) is 3.91. The Morgan fingerprint density at radius 1 is 1.08 bits per heavy atom. The standard InChI is InChI=1S/C23H20F4N6O3S/c1-11-6-18-15(7-16(11)24)20(22(28)34)21(33(18)19-10-29-12(2)8-31-19)17-5-4-14(9-30-17)37(35,36)32-13(3)23(25,26)27/h4-10,13,32H,1-3H3,(H2,28,34)/t13-/m0/s1. The van der Waals surface area contributed by atoms with Gasteiger partial charge in [0.25, 0.3) is 5.91 Å². The first-order valence-corrected chi connectivity index (χ1v) is 12.2. The maximum Gasteiger partial charge on any atom is 0.404 e. The zero-order valence-corrected chi connectivity index (χ0v) is 20.4. The Morgan fingerprint density at radius 3 is 2.32 bits per heavy atom. The predicted molar refractivity (Wildman–Crippen MR) is 126 cm³/mol. The number of hydrogen-bond donors (Lipinski definition) is 2. The van der Waals surface area contributed by atoms with E-state index < -0.39 is 38.9 Å². The van der Waals surface area contributed by atoms with E-state index in [0.29, 0.717) is 18.1 Å². The normalized spacial score (nSPS) is 13.2. The van der Waals surface area contributed by atoms with Crippen molar-refractivity contribution in [3.63, 3.8) is 0 Å². The van der Waals surface area contributed by atoms with Crippen LogP contribution in [0.1, 0.15) is 28.5 Å². The number of halogens is 4. The van der Waals surface area contributed by atoms with Gasteiger partial charge in [0.1, 0.15) is 16.8 Å². The van der Waals surface area contributed by atoms with Gasteiger partial charge >= 0.3 is 6.18 Å². The van der Waals surface area contributed by atoms with Crippen molar-refractivity contribution in [1.82, 2.24) is 24.2 Å². The van der Waals surface area contributed by atoms with Crippen molar-refractivity contribution in [2.75, 3.05) is 0 Å². The third kappa shape index (κ3) is 4.89. The van der Waals surface area contributed by atoms with Gasteiger partial charge in [-0.25, -0.2) is 17.8 Å². The Hall–Kier alpha value is -3.91. The van der Waals surface area contributed by atoms with Crippen molar-refractivity contribution in [3.05, 3.63) is 65.5 Å². The lowest BCUT2D eigenvalue weighted by Crippen LogP contribution is -2.42. The third-order valence-electron chi connectivity index (χ3n) is 5.60. The molecule has 3 N–H and O–H groups in total. The van der Waals surface area contributed by atoms with Crippen molar-refractivity contribution in [2.45, 2.75) is 37.9 Å². The molecule has 0 unspecified atom stereocenters. The number of alkyl halides is 3. The highest BCUT2D eigenvalue weighted by atomic mass is 32.2. The van der Waals surface area contributed by atoms with Crippen LogP contribution in [0.3, 0.4) is 0 Å². The number of aromatic nitrogens is 4. The second-order valence-corrected chi connectivity index (χ2v) is 10.0. The highest BCUT2D eigenvalue weighted by molar-refractivity contribution is 7.89. The zero-order valence-electron chi connectivity index (χ0n) is 19.6. The highest BCUT2D eigenvalue weighted by Gasteiger charge is 2.39. The van der Waals surface area contributed by atoms with Gasteiger partial charge in [0.15, 0.2) is 5.82 Å². The molecule has 3 heterocycles. The fourth-order valence-corrected chi connectivity index (χ4v) is 4.86. The van der Waals surface area contributed by atoms with Crippen molar-refractivity contribution < 1.29 is 30.8 Å². The van der Waals surface area contributed by atoms with Crippen molar-refractivity contribution in [2.24, 2.45) is 5.73 Å². The number of hydrogen-bond acceptors (Lipinski definition) is 6. The number of primary amides is 1. The average Bonchev–Trinajstić information content (AvgIpc) is 3.13. The molecule has 0 saturated heterocycles. The van der Waals surface area contributed by atoms with Gasteiger partial charge in [-0.3, -0.25) is 19.3 Å². The summed E-state index contributed by atoms with van der Waals surface area (Å²) in [6, 6.07) is 2.54. The molecule has 1 aromatic carbocycles. The van der Waals surface area contributed by atoms with Crippen LogP contribution in [0.5, 0.6) is 0 Å². The highest BCUT2D eigenvalue weighted by Crippen LogP contribution is 2.36. The molecule has 3 aromatic heterocycles. The Balaban J connectivity index is 1.94. The van der Waals surface area contributed by atoms with Crippen LogP contribution < -0.4 is 10.5 Å². The van der Waals surface area contributed by atoms with E-state index in [2.05, 4.69) is 15.0 Å². The molecule has 0 radical (unpaired) electrons. The van der Waals surface area contributed by atoms with Crippen LogP contribution in [0, 0.1) is 19.7 Å². The van der Waals surface area contributed by atoms with Gasteiger partial charge in [-0.1, -0.05) is 0 Å². The summed E-state index contributed by atoms with van der Waals surface area (Å²) in [7, 11) is -4.57. The molecule has 37 heavy (non-hydrogen) atoms. The number of carbonyl (C=O) groups excluding carboxylic acids is 1. The molecule has 0 spiro atoms. The Bertz CT molecular complexity index is 1620. The number of benzene rings is 1. The van der Waals surface area contributed by atoms with Crippen molar-refractivity contribution in [1.29, 1.82) is 0 Å². The quantitative estimate of drug-likeness (QED) is 0.362. The minimum Gasteiger partial charge on any atom is -0.366 e. The number of fused-ring (bicyclic) bond motifs is 1. The molecule has 0 aliphatic rings. The largest absolute Gasteiger partial charge is 0.404 e. The second-order valence-electron chi connectivity index (χ2n) is 8.32. The van der Waals surface area contributed by atoms with Crippen LogP contribution in [-0.2, 0) is 10.0 Å². The first-order chi connectivity index (χ1) is 17.2. The summed E-state index contributed by atoms with van der Waals surface area (Å²) in [5.74, 6) is -1.27. The fourth-order valence-electron chi connectivity index (χ4n) is 3.69. The van der Waals surface area contributed by atoms with E-state index in [-0.39, 0.29) is 33.7 Å². The number of rotatable bonds is 6. The first-order valence-electron chi connectivity index (χ1n) is 10.7. The van der Waals surface area contributed by atoms with Crippen LogP contribution >= 0.6 is 0 Å². The molecule has 0 saturated carbocycles. The maximum absolute atomic E-state index is 14.5. The van der Waals surface area contributed by atoms with E-state index in [0.717, 1.165) is 18.3 Å². The predicted octanol–water partition coefficient (Wildman–Crippen LogP) is 3.57. The monoisotopic (exact) mass is 536 g/mol. The van der Waals surface area contributed by atoms with E-state index in [1.165, 1.54) is 36.0 Å². The molecular formula is C23H20F4N6O3S. The van der Waals surface area contributed by atoms with Gasteiger partial charge < -0.3 is 5.73 Å². The summed E-state index contributed by atoms with van der Waals surface area (Å²) in [4.78, 5) is 24.7. The molecule has 1 atom stereocenters. The molecule has 0 aliphatic carbocycles. The van der Waals surface area contributed by atoms with Gasteiger partial charge in [-0.05, 0) is 50.6 Å². The summed E-state index contributed by atoms with van der Waals surface area (Å²) < 4.78 is 81.0. The van der Waals surface area contributed by atoms with Gasteiger partial charge in [-0.15, -0.1) is 0 Å². The smallest absolute Gasteiger partial charge is 0.366 e. The first kappa shape index (κ1) is 26.2. The van der Waals surface area contributed by atoms with Gasteiger partial charge in [0.2, 0.25) is 10.0 Å². The zero-order chi connectivity index (χ0) is 27.3. The number of sulfonamides is 1. The lowest BCUT2D eigenvalue weighted by molar-refractivity contribution is -0.147. The van der Waals surface area contributed by atoms with Gasteiger partial charge in [0.05, 0.1) is 40.6 Å². The topological polar surface area (TPSA) is 133 Å². The average molecular weight is 537 g/mol. The Labute approximate surface area is 208 Å². The number of nitrogens with zero attached hydrogens (tertiary/aromatic N) is 4. The third-order valence-corrected chi connectivity index (χ3v) is 7.13. The molecule has 4 rings (SSSR count). The van der Waals surface area contributed by atoms with Crippen LogP contribution in [0.25, 0.3) is 28.1 Å². The number of pyridine rings is 1. The summed E-state index contributed by atoms with van der Waals surface area (Å²) in [5.41, 5.74) is 6.90. The number of amides is 1. The number of nitrogens with two attached hydrogens (primary N) is 1. The van der Waals surface area contributed by atoms with Crippen molar-refractivity contribution in [3.8, 4) is 17.2 Å². The van der Waals surface area contributed by atoms with Crippen molar-refractivity contribution >= 4 is 26.8 Å². The molecule has 0 aliphatic heterocycles. The van der Waals surface area contributed by atoms with E-state index >= 15 is 0 Å². The van der Waals surface area contributed by atoms with Gasteiger partial charge in [-0.2, -0.15) is 17.9 Å². The Kier molecular flexibility index (Phi) is 6.50. The molecule has 0 bridgehead atoms. The SMILES string of the molecule is Cc1cnc(-n2c(-c3ccc(S(=O)(=O)N[C@@H](C)C(F)(F)F)cn3)c(C(N)=O)c3cc(F)c(C)cc32)cn1. The molecule has 1 amide bonds. The molecule has 194 valence electrons. The second kappa shape index (κ2) is 9.19. The Morgan fingerprint density at radius 2 is 1.78 bits per heavy atom. The van der Waals surface area contributed by atoms with Crippen LogP contribution in [0.4, 0.5) is 17.6 Å². The summed E-state index contributed by atoms with van der Waals surface area (Å²) in [6.07, 6.45) is -1.05. The number of carbonyl (C=O) groups is 1. The van der Waals surface area contributed by atoms with Crippen LogP contribution in [-0.4, -0.2) is 46.1 Å². The van der Waals surface area contributed by atoms with Crippen LogP contribution in [0.15, 0.2) is 47.8 Å². The molecular weight excluding hydrogens is 516 g/mol. The van der Waals surface area contributed by atoms with E-state index in [1.54, 1.807) is 11.6 Å². The minimum atomic E-state index is -4.79. The maximum atomic E-state index is 14.5. The lowest BCUT2D eigenvalue weighted by atomic mass is 10.1. The minimum absolute atomic E-state index is 0.0354.